The van der Waals surface area contributed by atoms with E-state index in [9.17, 15) is 14.9 Å². The predicted molar refractivity (Wildman–Crippen MR) is 110 cm³/mol. The maximum absolute atomic E-state index is 13.1. The van der Waals surface area contributed by atoms with Gasteiger partial charge in [0.15, 0.2) is 6.10 Å². The third-order valence-corrected chi connectivity index (χ3v) is 5.80. The van der Waals surface area contributed by atoms with Gasteiger partial charge in [0, 0.05) is 11.1 Å². The first-order chi connectivity index (χ1) is 13.8. The first-order valence-corrected chi connectivity index (χ1v) is 10.1. The van der Waals surface area contributed by atoms with Crippen LogP contribution in [0.2, 0.25) is 0 Å². The highest BCUT2D eigenvalue weighted by Crippen LogP contribution is 2.30. The van der Waals surface area contributed by atoms with Crippen molar-refractivity contribution in [3.8, 4) is 6.07 Å². The van der Waals surface area contributed by atoms with Gasteiger partial charge < -0.3 is 10.1 Å². The lowest BCUT2D eigenvalue weighted by atomic mass is 9.89. The van der Waals surface area contributed by atoms with Crippen molar-refractivity contribution in [1.82, 2.24) is 10.3 Å². The van der Waals surface area contributed by atoms with E-state index in [1.807, 2.05) is 38.1 Å². The average Bonchev–Trinajstić information content (AvgIpc) is 2.71. The number of carbonyl (C=O) groups is 2. The van der Waals surface area contributed by atoms with Crippen molar-refractivity contribution < 1.29 is 14.3 Å². The molecule has 0 saturated heterocycles. The second-order valence-electron chi connectivity index (χ2n) is 8.14. The zero-order chi connectivity index (χ0) is 21.2. The number of hydrogen-bond acceptors (Lipinski definition) is 5. The van der Waals surface area contributed by atoms with Gasteiger partial charge in [-0.25, -0.2) is 4.79 Å². The molecule has 1 aromatic carbocycles. The van der Waals surface area contributed by atoms with Crippen LogP contribution < -0.4 is 5.32 Å². The Morgan fingerprint density at radius 3 is 2.59 bits per heavy atom. The van der Waals surface area contributed by atoms with Gasteiger partial charge in [0.25, 0.3) is 5.91 Å². The number of fused-ring (bicyclic) bond motifs is 2. The van der Waals surface area contributed by atoms with E-state index >= 15 is 0 Å². The van der Waals surface area contributed by atoms with Crippen LogP contribution in [0.25, 0.3) is 10.9 Å². The number of rotatable bonds is 5. The molecule has 0 bridgehead atoms. The van der Waals surface area contributed by atoms with E-state index in [2.05, 4.69) is 11.4 Å². The highest BCUT2D eigenvalue weighted by Gasteiger charge is 2.33. The van der Waals surface area contributed by atoms with Crippen LogP contribution in [0.4, 0.5) is 0 Å². The zero-order valence-corrected chi connectivity index (χ0v) is 17.4. The largest absolute Gasteiger partial charge is 0.449 e. The minimum absolute atomic E-state index is 0.0875. The number of benzene rings is 1. The lowest BCUT2D eigenvalue weighted by Gasteiger charge is -2.28. The van der Waals surface area contributed by atoms with E-state index in [0.717, 1.165) is 47.8 Å². The fourth-order valence-corrected chi connectivity index (χ4v) is 3.54. The number of hydrogen-bond donors (Lipinski definition) is 1. The molecule has 0 fully saturated rings. The summed E-state index contributed by atoms with van der Waals surface area (Å²) in [6.45, 7) is 6.91. The predicted octanol–water partition coefficient (Wildman–Crippen LogP) is 3.71. The summed E-state index contributed by atoms with van der Waals surface area (Å²) in [6.07, 6.45) is 2.65. The maximum Gasteiger partial charge on any atom is 0.339 e. The van der Waals surface area contributed by atoms with Gasteiger partial charge in [0.2, 0.25) is 0 Å². The Kier molecular flexibility index (Phi) is 5.88. The second-order valence-corrected chi connectivity index (χ2v) is 8.14. The number of aryl methyl sites for hydroxylation is 1. The first-order valence-electron chi connectivity index (χ1n) is 10.1. The standard InChI is InChI=1S/C23H27N3O3/c1-14(2)23(4,13-24)26-21(27)15(3)29-22(28)20-16-9-5-7-11-18(16)25-19-12-8-6-10-17(19)20/h5,7,9,11,14-15H,6,8,10,12H2,1-4H3,(H,26,27)/t15-,23+/m1/s1. The molecule has 0 unspecified atom stereocenters. The Bertz CT molecular complexity index is 993. The summed E-state index contributed by atoms with van der Waals surface area (Å²) in [5.41, 5.74) is 2.11. The number of nitriles is 1. The molecule has 3 rings (SSSR count). The van der Waals surface area contributed by atoms with Gasteiger partial charge in [-0.05, 0) is 57.1 Å². The fraction of sp³-hybridized carbons (Fsp3) is 0.478. The summed E-state index contributed by atoms with van der Waals surface area (Å²) < 4.78 is 5.55. The number of nitrogens with zero attached hydrogens (tertiary/aromatic N) is 2. The molecule has 29 heavy (non-hydrogen) atoms. The molecule has 6 nitrogen and oxygen atoms in total. The molecule has 0 spiro atoms. The molecule has 0 aliphatic heterocycles. The summed E-state index contributed by atoms with van der Waals surface area (Å²) in [4.78, 5) is 30.4. The minimum Gasteiger partial charge on any atom is -0.449 e. The van der Waals surface area contributed by atoms with Crippen LogP contribution in [0.3, 0.4) is 0 Å². The number of ether oxygens (including phenoxy) is 1. The Labute approximate surface area is 171 Å². The Morgan fingerprint density at radius 2 is 1.90 bits per heavy atom. The van der Waals surface area contributed by atoms with Crippen LogP contribution >= 0.6 is 0 Å². The highest BCUT2D eigenvalue weighted by atomic mass is 16.5. The molecule has 0 saturated carbocycles. The van der Waals surface area contributed by atoms with Crippen molar-refractivity contribution in [2.45, 2.75) is 65.0 Å². The van der Waals surface area contributed by atoms with E-state index in [1.54, 1.807) is 6.92 Å². The maximum atomic E-state index is 13.1. The number of carbonyl (C=O) groups excluding carboxylic acids is 2. The molecule has 1 aliphatic carbocycles. The van der Waals surface area contributed by atoms with Crippen LogP contribution in [-0.2, 0) is 22.4 Å². The van der Waals surface area contributed by atoms with Crippen LogP contribution in [0, 0.1) is 17.2 Å². The third-order valence-electron chi connectivity index (χ3n) is 5.80. The van der Waals surface area contributed by atoms with Gasteiger partial charge in [0.1, 0.15) is 5.54 Å². The minimum atomic E-state index is -1.03. The molecule has 1 amide bonds. The van der Waals surface area contributed by atoms with Crippen LogP contribution in [0.1, 0.15) is 62.2 Å². The average molecular weight is 393 g/mol. The molecule has 1 aromatic heterocycles. The monoisotopic (exact) mass is 393 g/mol. The molecular formula is C23H27N3O3. The van der Waals surface area contributed by atoms with Crippen LogP contribution in [-0.4, -0.2) is 28.5 Å². The Hall–Kier alpha value is -2.94. The summed E-state index contributed by atoms with van der Waals surface area (Å²) in [5, 5.41) is 12.9. The van der Waals surface area contributed by atoms with Gasteiger partial charge in [-0.3, -0.25) is 9.78 Å². The van der Waals surface area contributed by atoms with E-state index in [1.165, 1.54) is 6.92 Å². The van der Waals surface area contributed by atoms with Crippen LogP contribution in [0.15, 0.2) is 24.3 Å². The Morgan fingerprint density at radius 1 is 1.21 bits per heavy atom. The van der Waals surface area contributed by atoms with Crippen LogP contribution in [0.5, 0.6) is 0 Å². The lowest BCUT2D eigenvalue weighted by molar-refractivity contribution is -0.130. The lowest BCUT2D eigenvalue weighted by Crippen LogP contribution is -2.52. The quantitative estimate of drug-likeness (QED) is 0.782. The molecular weight excluding hydrogens is 366 g/mol. The van der Waals surface area contributed by atoms with Gasteiger partial charge >= 0.3 is 5.97 Å². The molecule has 2 atom stereocenters. The van der Waals surface area contributed by atoms with Crippen molar-refractivity contribution in [2.24, 2.45) is 5.92 Å². The van der Waals surface area contributed by atoms with Gasteiger partial charge in [0.05, 0.1) is 17.1 Å². The van der Waals surface area contributed by atoms with E-state index in [4.69, 9.17) is 9.72 Å². The van der Waals surface area contributed by atoms with Crippen molar-refractivity contribution in [3.05, 3.63) is 41.1 Å². The van der Waals surface area contributed by atoms with Gasteiger partial charge in [-0.2, -0.15) is 5.26 Å². The topological polar surface area (TPSA) is 92.1 Å². The third kappa shape index (κ3) is 4.09. The summed E-state index contributed by atoms with van der Waals surface area (Å²) in [5.74, 6) is -1.09. The molecule has 152 valence electrons. The molecule has 0 radical (unpaired) electrons. The molecule has 1 heterocycles. The SMILES string of the molecule is CC(C)[C@](C)(C#N)NC(=O)[C@@H](C)OC(=O)c1c2c(nc3ccccc13)CCCC2. The summed E-state index contributed by atoms with van der Waals surface area (Å²) in [7, 11) is 0. The smallest absolute Gasteiger partial charge is 0.339 e. The molecule has 2 aromatic rings. The summed E-state index contributed by atoms with van der Waals surface area (Å²) in [6, 6.07) is 9.65. The fourth-order valence-electron chi connectivity index (χ4n) is 3.54. The number of nitrogens with one attached hydrogen (secondary N) is 1. The molecule has 6 heteroatoms. The van der Waals surface area contributed by atoms with E-state index < -0.39 is 23.5 Å². The normalized spacial score (nSPS) is 16.4. The first kappa shape index (κ1) is 20.8. The number of amides is 1. The number of para-hydroxylation sites is 1. The van der Waals surface area contributed by atoms with E-state index in [-0.39, 0.29) is 5.92 Å². The molecule has 1 N–H and O–H groups in total. The van der Waals surface area contributed by atoms with Crippen molar-refractivity contribution >= 4 is 22.8 Å². The molecule has 1 aliphatic rings. The van der Waals surface area contributed by atoms with Crippen molar-refractivity contribution in [2.75, 3.05) is 0 Å². The number of aromatic nitrogens is 1. The Balaban J connectivity index is 1.88. The van der Waals surface area contributed by atoms with Crippen molar-refractivity contribution in [3.63, 3.8) is 0 Å². The highest BCUT2D eigenvalue weighted by molar-refractivity contribution is 6.05. The second kappa shape index (κ2) is 8.20. The number of pyridine rings is 1. The van der Waals surface area contributed by atoms with E-state index in [0.29, 0.717) is 5.56 Å². The van der Waals surface area contributed by atoms with Gasteiger partial charge in [-0.15, -0.1) is 0 Å². The number of esters is 1. The summed E-state index contributed by atoms with van der Waals surface area (Å²) >= 11 is 0. The van der Waals surface area contributed by atoms with Gasteiger partial charge in [-0.1, -0.05) is 32.0 Å². The zero-order valence-electron chi connectivity index (χ0n) is 17.4. The van der Waals surface area contributed by atoms with Crippen molar-refractivity contribution in [1.29, 1.82) is 5.26 Å².